The van der Waals surface area contributed by atoms with Crippen molar-refractivity contribution < 1.29 is 23.2 Å². The van der Waals surface area contributed by atoms with Crippen molar-refractivity contribution in [3.8, 4) is 0 Å². The van der Waals surface area contributed by atoms with Crippen LogP contribution in [0.1, 0.15) is 22.3 Å². The lowest BCUT2D eigenvalue weighted by molar-refractivity contribution is -0.145. The first-order valence-electron chi connectivity index (χ1n) is 10.2. The number of benzene rings is 2. The Kier molecular flexibility index (Phi) is 5.81. The Morgan fingerprint density at radius 1 is 1.06 bits per heavy atom. The number of fused-ring (bicyclic) bond motifs is 2. The van der Waals surface area contributed by atoms with E-state index in [0.29, 0.717) is 16.7 Å². The van der Waals surface area contributed by atoms with Crippen LogP contribution in [-0.2, 0) is 27.2 Å². The summed E-state index contributed by atoms with van der Waals surface area (Å²) in [7, 11) is 1.27. The Balaban J connectivity index is 1.61. The third kappa shape index (κ3) is 4.14. The van der Waals surface area contributed by atoms with E-state index in [-0.39, 0.29) is 18.4 Å². The molecule has 0 aliphatic carbocycles. The third-order valence-electron chi connectivity index (χ3n) is 5.62. The van der Waals surface area contributed by atoms with Crippen LogP contribution in [0.15, 0.2) is 62.4 Å². The average Bonchev–Trinajstić information content (AvgIpc) is 3.15. The van der Waals surface area contributed by atoms with E-state index in [9.17, 15) is 14.4 Å². The molecule has 4 aromatic rings. The molecule has 2 aromatic carbocycles. The van der Waals surface area contributed by atoms with Gasteiger partial charge in [-0.05, 0) is 36.6 Å². The van der Waals surface area contributed by atoms with Gasteiger partial charge in [0.2, 0.25) is 5.91 Å². The van der Waals surface area contributed by atoms with Crippen LogP contribution in [0, 0.1) is 13.8 Å². The van der Waals surface area contributed by atoms with Gasteiger partial charge >= 0.3 is 11.6 Å². The standard InChI is InChI=1S/C25H23NO6/c1-14-13-31-21-12-22-18(10-17(14)21)15(2)19(24(28)32-22)11-23(27)26-20(25(29)30-3)9-16-7-5-4-6-8-16/h4-8,10,12-13,20H,9,11H2,1-3H3,(H,26,27)/t20-/m1/s1. The maximum atomic E-state index is 12.8. The number of esters is 1. The smallest absolute Gasteiger partial charge is 0.340 e. The molecule has 0 spiro atoms. The molecule has 0 bridgehead atoms. The molecule has 1 atom stereocenters. The summed E-state index contributed by atoms with van der Waals surface area (Å²) in [5, 5.41) is 4.34. The van der Waals surface area contributed by atoms with Crippen molar-refractivity contribution >= 4 is 33.8 Å². The first kappa shape index (κ1) is 21.4. The number of aryl methyl sites for hydroxylation is 2. The SMILES string of the molecule is COC(=O)[C@@H](Cc1ccccc1)NC(=O)Cc1c(C)c2cc3c(C)coc3cc2oc1=O. The molecule has 0 aliphatic heterocycles. The summed E-state index contributed by atoms with van der Waals surface area (Å²) >= 11 is 0. The molecule has 2 aromatic heterocycles. The zero-order chi connectivity index (χ0) is 22.8. The zero-order valence-corrected chi connectivity index (χ0v) is 18.1. The highest BCUT2D eigenvalue weighted by Crippen LogP contribution is 2.28. The number of nitrogens with one attached hydrogen (secondary N) is 1. The molecule has 0 saturated heterocycles. The summed E-state index contributed by atoms with van der Waals surface area (Å²) in [4.78, 5) is 37.6. The molecule has 32 heavy (non-hydrogen) atoms. The van der Waals surface area contributed by atoms with Crippen molar-refractivity contribution in [2.24, 2.45) is 0 Å². The average molecular weight is 433 g/mol. The number of amides is 1. The Morgan fingerprint density at radius 3 is 2.53 bits per heavy atom. The topological polar surface area (TPSA) is 98.8 Å². The molecule has 164 valence electrons. The van der Waals surface area contributed by atoms with Gasteiger partial charge in [0.25, 0.3) is 0 Å². The molecule has 2 heterocycles. The first-order chi connectivity index (χ1) is 15.4. The van der Waals surface area contributed by atoms with Crippen molar-refractivity contribution in [2.45, 2.75) is 32.7 Å². The van der Waals surface area contributed by atoms with Crippen molar-refractivity contribution in [2.75, 3.05) is 7.11 Å². The second-order valence-corrected chi connectivity index (χ2v) is 7.77. The first-order valence-corrected chi connectivity index (χ1v) is 10.2. The number of hydrogen-bond donors (Lipinski definition) is 1. The van der Waals surface area contributed by atoms with Gasteiger partial charge in [-0.15, -0.1) is 0 Å². The molecule has 1 N–H and O–H groups in total. The Labute approximate surface area is 184 Å². The van der Waals surface area contributed by atoms with E-state index in [2.05, 4.69) is 5.32 Å². The molecule has 0 unspecified atom stereocenters. The molecule has 0 saturated carbocycles. The minimum atomic E-state index is -0.865. The van der Waals surface area contributed by atoms with Gasteiger partial charge in [-0.1, -0.05) is 30.3 Å². The molecule has 0 radical (unpaired) electrons. The fourth-order valence-corrected chi connectivity index (χ4v) is 3.83. The number of furan rings is 1. The van der Waals surface area contributed by atoms with Crippen LogP contribution < -0.4 is 10.9 Å². The summed E-state index contributed by atoms with van der Waals surface area (Å²) in [6.45, 7) is 3.71. The van der Waals surface area contributed by atoms with Gasteiger partial charge < -0.3 is 18.9 Å². The Hall–Kier alpha value is -3.87. The van der Waals surface area contributed by atoms with Crippen LogP contribution >= 0.6 is 0 Å². The molecule has 7 heteroatoms. The van der Waals surface area contributed by atoms with Crippen LogP contribution in [0.3, 0.4) is 0 Å². The number of carbonyl (C=O) groups is 2. The molecular weight excluding hydrogens is 410 g/mol. The fourth-order valence-electron chi connectivity index (χ4n) is 3.83. The van der Waals surface area contributed by atoms with E-state index >= 15 is 0 Å². The predicted molar refractivity (Wildman–Crippen MR) is 120 cm³/mol. The lowest BCUT2D eigenvalue weighted by Crippen LogP contribution is -2.44. The van der Waals surface area contributed by atoms with E-state index in [1.54, 1.807) is 19.3 Å². The molecule has 0 aliphatic rings. The van der Waals surface area contributed by atoms with Crippen LogP contribution in [0.5, 0.6) is 0 Å². The van der Waals surface area contributed by atoms with Crippen molar-refractivity contribution in [3.63, 3.8) is 0 Å². The molecular formula is C25H23NO6. The maximum absolute atomic E-state index is 12.8. The van der Waals surface area contributed by atoms with Crippen molar-refractivity contribution in [1.29, 1.82) is 0 Å². The van der Waals surface area contributed by atoms with Crippen LogP contribution in [0.2, 0.25) is 0 Å². The van der Waals surface area contributed by atoms with Gasteiger partial charge in [0.05, 0.1) is 25.4 Å². The minimum Gasteiger partial charge on any atom is -0.467 e. The monoisotopic (exact) mass is 433 g/mol. The van der Waals surface area contributed by atoms with Crippen LogP contribution in [0.25, 0.3) is 21.9 Å². The van der Waals surface area contributed by atoms with E-state index in [1.807, 2.05) is 43.3 Å². The molecule has 0 fully saturated rings. The van der Waals surface area contributed by atoms with Crippen LogP contribution in [0.4, 0.5) is 0 Å². The summed E-state index contributed by atoms with van der Waals surface area (Å²) in [6.07, 6.45) is 1.71. The van der Waals surface area contributed by atoms with Gasteiger partial charge in [-0.2, -0.15) is 0 Å². The number of hydrogen-bond acceptors (Lipinski definition) is 6. The van der Waals surface area contributed by atoms with Crippen molar-refractivity contribution in [3.05, 3.63) is 81.4 Å². The Morgan fingerprint density at radius 2 is 1.81 bits per heavy atom. The lowest BCUT2D eigenvalue weighted by atomic mass is 10.0. The highest BCUT2D eigenvalue weighted by molar-refractivity contribution is 5.96. The third-order valence-corrected chi connectivity index (χ3v) is 5.62. The molecule has 1 amide bonds. The highest BCUT2D eigenvalue weighted by atomic mass is 16.5. The summed E-state index contributed by atoms with van der Waals surface area (Å²) in [5.41, 5.74) is 3.19. The number of carbonyl (C=O) groups excluding carboxylic acids is 2. The fraction of sp³-hybridized carbons (Fsp3) is 0.240. The van der Waals surface area contributed by atoms with Crippen molar-refractivity contribution in [1.82, 2.24) is 5.32 Å². The highest BCUT2D eigenvalue weighted by Gasteiger charge is 2.24. The Bertz CT molecular complexity index is 1370. The number of ether oxygens (including phenoxy) is 1. The van der Waals surface area contributed by atoms with Crippen LogP contribution in [-0.4, -0.2) is 25.0 Å². The molecule has 7 nitrogen and oxygen atoms in total. The van der Waals surface area contributed by atoms with Gasteiger partial charge in [-0.25, -0.2) is 9.59 Å². The lowest BCUT2D eigenvalue weighted by Gasteiger charge is -2.17. The summed E-state index contributed by atoms with van der Waals surface area (Å²) in [5.74, 6) is -1.02. The molecule has 4 rings (SSSR count). The van der Waals surface area contributed by atoms with E-state index < -0.39 is 23.5 Å². The second kappa shape index (κ2) is 8.70. The van der Waals surface area contributed by atoms with Gasteiger partial charge in [0.15, 0.2) is 0 Å². The van der Waals surface area contributed by atoms with E-state index in [4.69, 9.17) is 13.6 Å². The summed E-state index contributed by atoms with van der Waals surface area (Å²) in [6, 6.07) is 12.0. The number of rotatable bonds is 6. The van der Waals surface area contributed by atoms with Gasteiger partial charge in [-0.3, -0.25) is 4.79 Å². The van der Waals surface area contributed by atoms with E-state index in [0.717, 1.165) is 21.9 Å². The normalized spacial score (nSPS) is 12.1. The van der Waals surface area contributed by atoms with Gasteiger partial charge in [0.1, 0.15) is 17.2 Å². The largest absolute Gasteiger partial charge is 0.467 e. The summed E-state index contributed by atoms with van der Waals surface area (Å²) < 4.78 is 15.8. The second-order valence-electron chi connectivity index (χ2n) is 7.77. The predicted octanol–water partition coefficient (Wildman–Crippen LogP) is 3.60. The minimum absolute atomic E-state index is 0.213. The van der Waals surface area contributed by atoms with E-state index in [1.165, 1.54) is 7.11 Å². The maximum Gasteiger partial charge on any atom is 0.340 e. The van der Waals surface area contributed by atoms with Gasteiger partial charge in [0, 0.05) is 23.3 Å². The number of methoxy groups -OCH3 is 1. The zero-order valence-electron chi connectivity index (χ0n) is 18.1. The quantitative estimate of drug-likeness (QED) is 0.369.